The number of rotatable bonds is 10. The summed E-state index contributed by atoms with van der Waals surface area (Å²) in [5.74, 6) is 0.697. The predicted molar refractivity (Wildman–Crippen MR) is 135 cm³/mol. The summed E-state index contributed by atoms with van der Waals surface area (Å²) in [6, 6.07) is 8.78. The SMILES string of the molecule is CCOc1cc(/C=C2/SC(=O)N(CCCOC)C2=O)cc(Br)c1OCc1ccc(Cl)cc1Cl. The van der Waals surface area contributed by atoms with Crippen LogP contribution >= 0.6 is 50.9 Å². The van der Waals surface area contributed by atoms with Gasteiger partial charge in [-0.15, -0.1) is 0 Å². The Morgan fingerprint density at radius 3 is 2.64 bits per heavy atom. The molecule has 0 aliphatic carbocycles. The van der Waals surface area contributed by atoms with Crippen LogP contribution in [0.2, 0.25) is 10.0 Å². The van der Waals surface area contributed by atoms with Crippen LogP contribution in [0.4, 0.5) is 4.79 Å². The fourth-order valence-corrected chi connectivity index (χ4v) is 4.98. The molecule has 0 aromatic heterocycles. The standard InChI is InChI=1S/C23H22BrCl2NO5S/c1-3-31-19-10-14(11-20-22(28)27(23(29)33-20)7-4-8-30-2)9-17(24)21(19)32-13-15-5-6-16(25)12-18(15)26/h5-6,9-12H,3-4,7-8,13H2,1-2H3/b20-11+. The van der Waals surface area contributed by atoms with E-state index in [-0.39, 0.29) is 17.8 Å². The molecule has 1 saturated heterocycles. The number of benzene rings is 2. The number of ether oxygens (including phenoxy) is 3. The Labute approximate surface area is 215 Å². The minimum absolute atomic E-state index is 0.217. The molecule has 3 rings (SSSR count). The molecule has 0 atom stereocenters. The molecular weight excluding hydrogens is 553 g/mol. The third kappa shape index (κ3) is 6.67. The van der Waals surface area contributed by atoms with E-state index in [4.69, 9.17) is 37.4 Å². The van der Waals surface area contributed by atoms with Crippen LogP contribution in [0.1, 0.15) is 24.5 Å². The van der Waals surface area contributed by atoms with Crippen LogP contribution < -0.4 is 9.47 Å². The molecule has 2 amide bonds. The number of hydrogen-bond acceptors (Lipinski definition) is 6. The van der Waals surface area contributed by atoms with Crippen molar-refractivity contribution in [2.24, 2.45) is 0 Å². The highest BCUT2D eigenvalue weighted by atomic mass is 79.9. The Morgan fingerprint density at radius 1 is 1.15 bits per heavy atom. The normalized spacial score (nSPS) is 14.9. The van der Waals surface area contributed by atoms with E-state index in [1.165, 1.54) is 4.90 Å². The third-order valence-electron chi connectivity index (χ3n) is 4.62. The van der Waals surface area contributed by atoms with Crippen molar-refractivity contribution in [1.29, 1.82) is 0 Å². The number of imide groups is 1. The molecule has 176 valence electrons. The largest absolute Gasteiger partial charge is 0.490 e. The van der Waals surface area contributed by atoms with Crippen molar-refractivity contribution in [2.45, 2.75) is 20.0 Å². The second-order valence-electron chi connectivity index (χ2n) is 6.97. The van der Waals surface area contributed by atoms with E-state index < -0.39 is 0 Å². The van der Waals surface area contributed by atoms with Gasteiger partial charge in [-0.05, 0) is 76.9 Å². The van der Waals surface area contributed by atoms with Crippen molar-refractivity contribution in [3.05, 3.63) is 60.9 Å². The highest BCUT2D eigenvalue weighted by Crippen LogP contribution is 2.40. The first-order valence-corrected chi connectivity index (χ1v) is 12.5. The highest BCUT2D eigenvalue weighted by molar-refractivity contribution is 9.10. The molecule has 10 heteroatoms. The van der Waals surface area contributed by atoms with Crippen molar-refractivity contribution in [3.63, 3.8) is 0 Å². The number of hydrogen-bond donors (Lipinski definition) is 0. The molecule has 1 fully saturated rings. The first-order valence-electron chi connectivity index (χ1n) is 10.1. The molecule has 1 aliphatic heterocycles. The summed E-state index contributed by atoms with van der Waals surface area (Å²) in [7, 11) is 1.58. The maximum absolute atomic E-state index is 12.7. The Kier molecular flexibility index (Phi) is 9.52. The van der Waals surface area contributed by atoms with Crippen LogP contribution in [-0.2, 0) is 16.1 Å². The Bertz CT molecular complexity index is 1080. The molecule has 0 bridgehead atoms. The van der Waals surface area contributed by atoms with Crippen LogP contribution in [0.5, 0.6) is 11.5 Å². The minimum atomic E-state index is -0.312. The summed E-state index contributed by atoms with van der Waals surface area (Å²) >= 11 is 16.7. The first-order chi connectivity index (χ1) is 15.8. The molecule has 0 radical (unpaired) electrons. The van der Waals surface area contributed by atoms with E-state index in [9.17, 15) is 9.59 Å². The zero-order chi connectivity index (χ0) is 24.0. The average Bonchev–Trinajstić information content (AvgIpc) is 3.02. The number of methoxy groups -OCH3 is 1. The van der Waals surface area contributed by atoms with Gasteiger partial charge in [0.25, 0.3) is 11.1 Å². The van der Waals surface area contributed by atoms with Gasteiger partial charge in [0, 0.05) is 35.9 Å². The van der Waals surface area contributed by atoms with Gasteiger partial charge in [0.05, 0.1) is 16.0 Å². The number of carbonyl (C=O) groups excluding carboxylic acids is 2. The summed E-state index contributed by atoms with van der Waals surface area (Å²) < 4.78 is 17.4. The molecular formula is C23H22BrCl2NO5S. The average molecular weight is 575 g/mol. The molecule has 33 heavy (non-hydrogen) atoms. The van der Waals surface area contributed by atoms with Crippen LogP contribution in [-0.4, -0.2) is 42.9 Å². The fraction of sp³-hybridized carbons (Fsp3) is 0.304. The lowest BCUT2D eigenvalue weighted by Gasteiger charge is -2.15. The lowest BCUT2D eigenvalue weighted by atomic mass is 10.1. The molecule has 0 unspecified atom stereocenters. The number of halogens is 3. The van der Waals surface area contributed by atoms with Crippen molar-refractivity contribution < 1.29 is 23.8 Å². The fourth-order valence-electron chi connectivity index (χ4n) is 3.07. The van der Waals surface area contributed by atoms with Crippen molar-refractivity contribution >= 4 is 68.1 Å². The molecule has 0 N–H and O–H groups in total. The number of nitrogens with zero attached hydrogens (tertiary/aromatic N) is 1. The Hall–Kier alpha value is -1.71. The number of carbonyl (C=O) groups is 2. The van der Waals surface area contributed by atoms with E-state index >= 15 is 0 Å². The Morgan fingerprint density at radius 2 is 1.94 bits per heavy atom. The Balaban J connectivity index is 1.81. The summed E-state index contributed by atoms with van der Waals surface area (Å²) in [6.07, 6.45) is 2.26. The summed E-state index contributed by atoms with van der Waals surface area (Å²) in [6.45, 7) is 3.31. The van der Waals surface area contributed by atoms with Gasteiger partial charge in [-0.25, -0.2) is 0 Å². The molecule has 0 spiro atoms. The maximum atomic E-state index is 12.7. The van der Waals surface area contributed by atoms with E-state index in [0.29, 0.717) is 62.7 Å². The van der Waals surface area contributed by atoms with Gasteiger partial charge < -0.3 is 14.2 Å². The summed E-state index contributed by atoms with van der Waals surface area (Å²) in [5, 5.41) is 0.771. The summed E-state index contributed by atoms with van der Waals surface area (Å²) in [4.78, 5) is 26.5. The topological polar surface area (TPSA) is 65.1 Å². The van der Waals surface area contributed by atoms with Gasteiger partial charge in [0.15, 0.2) is 11.5 Å². The van der Waals surface area contributed by atoms with E-state index in [1.54, 1.807) is 43.5 Å². The smallest absolute Gasteiger partial charge is 0.293 e. The minimum Gasteiger partial charge on any atom is -0.490 e. The van der Waals surface area contributed by atoms with Gasteiger partial charge in [-0.2, -0.15) is 0 Å². The number of thioether (sulfide) groups is 1. The third-order valence-corrected chi connectivity index (χ3v) is 6.70. The van der Waals surface area contributed by atoms with Crippen LogP contribution in [0, 0.1) is 0 Å². The van der Waals surface area contributed by atoms with E-state index in [0.717, 1.165) is 17.3 Å². The zero-order valence-corrected chi connectivity index (χ0v) is 21.9. The monoisotopic (exact) mass is 573 g/mol. The number of amides is 2. The van der Waals surface area contributed by atoms with Gasteiger partial charge in [0.1, 0.15) is 6.61 Å². The van der Waals surface area contributed by atoms with Crippen LogP contribution in [0.15, 0.2) is 39.7 Å². The highest BCUT2D eigenvalue weighted by Gasteiger charge is 2.34. The van der Waals surface area contributed by atoms with Gasteiger partial charge in [0.2, 0.25) is 0 Å². The van der Waals surface area contributed by atoms with Crippen molar-refractivity contribution in [1.82, 2.24) is 4.90 Å². The maximum Gasteiger partial charge on any atom is 0.293 e. The van der Waals surface area contributed by atoms with Crippen molar-refractivity contribution in [2.75, 3.05) is 26.9 Å². The molecule has 6 nitrogen and oxygen atoms in total. The molecule has 2 aromatic carbocycles. The molecule has 1 aliphatic rings. The molecule has 2 aromatic rings. The second kappa shape index (κ2) is 12.1. The second-order valence-corrected chi connectivity index (χ2v) is 9.66. The van der Waals surface area contributed by atoms with Crippen LogP contribution in [0.25, 0.3) is 6.08 Å². The van der Waals surface area contributed by atoms with Crippen molar-refractivity contribution in [3.8, 4) is 11.5 Å². The van der Waals surface area contributed by atoms with E-state index in [2.05, 4.69) is 15.9 Å². The van der Waals surface area contributed by atoms with Gasteiger partial charge >= 0.3 is 0 Å². The quantitative estimate of drug-likeness (QED) is 0.229. The van der Waals surface area contributed by atoms with Gasteiger partial charge in [-0.3, -0.25) is 14.5 Å². The van der Waals surface area contributed by atoms with E-state index in [1.807, 2.05) is 6.92 Å². The molecule has 0 saturated carbocycles. The van der Waals surface area contributed by atoms with Gasteiger partial charge in [-0.1, -0.05) is 29.3 Å². The first kappa shape index (κ1) is 25.9. The van der Waals surface area contributed by atoms with Crippen LogP contribution in [0.3, 0.4) is 0 Å². The molecule has 1 heterocycles. The lowest BCUT2D eigenvalue weighted by molar-refractivity contribution is -0.122. The lowest BCUT2D eigenvalue weighted by Crippen LogP contribution is -2.29. The summed E-state index contributed by atoms with van der Waals surface area (Å²) in [5.41, 5.74) is 1.48. The zero-order valence-electron chi connectivity index (χ0n) is 18.0. The predicted octanol–water partition coefficient (Wildman–Crippen LogP) is 6.81.